The van der Waals surface area contributed by atoms with E-state index in [0.29, 0.717) is 24.6 Å². The molecule has 72 valence electrons. The van der Waals surface area contributed by atoms with Crippen molar-refractivity contribution in [2.45, 2.75) is 6.42 Å². The number of ketones is 1. The number of nitrogens with zero attached hydrogens (tertiary/aromatic N) is 2. The standard InChI is InChI=1S/C10H10N2O2/c13-9(7-10-12-5-6-14-10)8-1-3-11-4-2-8/h1-4H,5-7H2. The van der Waals surface area contributed by atoms with Gasteiger partial charge < -0.3 is 4.74 Å². The second-order valence-electron chi connectivity index (χ2n) is 2.96. The highest BCUT2D eigenvalue weighted by Crippen LogP contribution is 2.06. The summed E-state index contributed by atoms with van der Waals surface area (Å²) in [4.78, 5) is 19.5. The Bertz CT molecular complexity index is 360. The van der Waals surface area contributed by atoms with Crippen LogP contribution in [0.5, 0.6) is 0 Å². The van der Waals surface area contributed by atoms with Gasteiger partial charge in [0.05, 0.1) is 13.0 Å². The fraction of sp³-hybridized carbons (Fsp3) is 0.300. The molecule has 2 heterocycles. The summed E-state index contributed by atoms with van der Waals surface area (Å²) in [7, 11) is 0. The van der Waals surface area contributed by atoms with Gasteiger partial charge in [0.25, 0.3) is 0 Å². The van der Waals surface area contributed by atoms with Crippen LogP contribution in [0.3, 0.4) is 0 Å². The van der Waals surface area contributed by atoms with Crippen LogP contribution < -0.4 is 0 Å². The van der Waals surface area contributed by atoms with E-state index in [1.165, 1.54) is 0 Å². The summed E-state index contributed by atoms with van der Waals surface area (Å²) in [6.07, 6.45) is 3.46. The normalized spacial score (nSPS) is 14.7. The number of aliphatic imine (C=N–C) groups is 1. The molecule has 0 saturated heterocycles. The fourth-order valence-corrected chi connectivity index (χ4v) is 1.26. The number of aromatic nitrogens is 1. The van der Waals surface area contributed by atoms with Crippen molar-refractivity contribution >= 4 is 11.7 Å². The fourth-order valence-electron chi connectivity index (χ4n) is 1.26. The lowest BCUT2D eigenvalue weighted by atomic mass is 10.1. The number of hydrogen-bond acceptors (Lipinski definition) is 4. The third-order valence-corrected chi connectivity index (χ3v) is 1.96. The van der Waals surface area contributed by atoms with Crippen molar-refractivity contribution in [3.63, 3.8) is 0 Å². The molecule has 1 aliphatic rings. The second-order valence-corrected chi connectivity index (χ2v) is 2.96. The Morgan fingerprint density at radius 1 is 1.43 bits per heavy atom. The van der Waals surface area contributed by atoms with Gasteiger partial charge in [-0.2, -0.15) is 0 Å². The zero-order valence-electron chi connectivity index (χ0n) is 7.64. The van der Waals surface area contributed by atoms with Crippen LogP contribution >= 0.6 is 0 Å². The first-order valence-electron chi connectivity index (χ1n) is 4.45. The van der Waals surface area contributed by atoms with Crippen molar-refractivity contribution in [2.75, 3.05) is 13.2 Å². The van der Waals surface area contributed by atoms with Gasteiger partial charge in [0.15, 0.2) is 11.7 Å². The zero-order chi connectivity index (χ0) is 9.80. The van der Waals surface area contributed by atoms with Crippen molar-refractivity contribution in [1.82, 2.24) is 4.98 Å². The monoisotopic (exact) mass is 190 g/mol. The number of rotatable bonds is 3. The Balaban J connectivity index is 2.03. The predicted molar refractivity (Wildman–Crippen MR) is 51.4 cm³/mol. The Kier molecular flexibility index (Phi) is 2.53. The van der Waals surface area contributed by atoms with Gasteiger partial charge >= 0.3 is 0 Å². The van der Waals surface area contributed by atoms with E-state index in [0.717, 1.165) is 0 Å². The van der Waals surface area contributed by atoms with E-state index in [9.17, 15) is 4.79 Å². The van der Waals surface area contributed by atoms with Crippen molar-refractivity contribution in [1.29, 1.82) is 0 Å². The molecule has 0 amide bonds. The van der Waals surface area contributed by atoms with Gasteiger partial charge in [-0.3, -0.25) is 14.8 Å². The minimum atomic E-state index is 0.0213. The molecule has 2 rings (SSSR count). The highest BCUT2D eigenvalue weighted by atomic mass is 16.5. The average molecular weight is 190 g/mol. The lowest BCUT2D eigenvalue weighted by Gasteiger charge is -2.00. The zero-order valence-corrected chi connectivity index (χ0v) is 7.64. The molecule has 0 radical (unpaired) electrons. The van der Waals surface area contributed by atoms with E-state index in [4.69, 9.17) is 4.74 Å². The maximum atomic E-state index is 11.6. The van der Waals surface area contributed by atoms with Gasteiger partial charge in [0.2, 0.25) is 0 Å². The molecule has 0 bridgehead atoms. The highest BCUT2D eigenvalue weighted by molar-refractivity contribution is 6.07. The molecule has 4 nitrogen and oxygen atoms in total. The van der Waals surface area contributed by atoms with Gasteiger partial charge in [-0.1, -0.05) is 0 Å². The average Bonchev–Trinajstić information content (AvgIpc) is 2.72. The molecule has 1 aromatic rings. The third kappa shape index (κ3) is 1.96. The van der Waals surface area contributed by atoms with Crippen LogP contribution in [0.2, 0.25) is 0 Å². The van der Waals surface area contributed by atoms with Crippen LogP contribution in [0, 0.1) is 0 Å². The maximum Gasteiger partial charge on any atom is 0.191 e. The summed E-state index contributed by atoms with van der Waals surface area (Å²) in [6.45, 7) is 1.26. The van der Waals surface area contributed by atoms with Crippen molar-refractivity contribution in [3.8, 4) is 0 Å². The molecule has 0 atom stereocenters. The summed E-state index contributed by atoms with van der Waals surface area (Å²) in [5.41, 5.74) is 0.651. The van der Waals surface area contributed by atoms with Crippen molar-refractivity contribution < 1.29 is 9.53 Å². The van der Waals surface area contributed by atoms with Gasteiger partial charge in [-0.25, -0.2) is 0 Å². The number of Topliss-reactive ketones (excluding diaryl/α,β-unsaturated/α-hetero) is 1. The first kappa shape index (κ1) is 8.87. The van der Waals surface area contributed by atoms with Crippen molar-refractivity contribution in [2.24, 2.45) is 4.99 Å². The summed E-state index contributed by atoms with van der Waals surface area (Å²) < 4.78 is 5.16. The van der Waals surface area contributed by atoms with E-state index >= 15 is 0 Å². The summed E-state index contributed by atoms with van der Waals surface area (Å²) in [6, 6.07) is 3.38. The lowest BCUT2D eigenvalue weighted by Crippen LogP contribution is -2.08. The van der Waals surface area contributed by atoms with Crippen LogP contribution in [0.15, 0.2) is 29.5 Å². The predicted octanol–water partition coefficient (Wildman–Crippen LogP) is 1.08. The van der Waals surface area contributed by atoms with Crippen molar-refractivity contribution in [3.05, 3.63) is 30.1 Å². The van der Waals surface area contributed by atoms with Crippen LogP contribution in [0.25, 0.3) is 0 Å². The smallest absolute Gasteiger partial charge is 0.191 e. The Morgan fingerprint density at radius 2 is 2.21 bits per heavy atom. The van der Waals surface area contributed by atoms with Gasteiger partial charge in [0, 0.05) is 18.0 Å². The molecule has 0 unspecified atom stereocenters. The maximum absolute atomic E-state index is 11.6. The summed E-state index contributed by atoms with van der Waals surface area (Å²) in [5, 5.41) is 0. The molecule has 0 aliphatic carbocycles. The van der Waals surface area contributed by atoms with E-state index in [1.807, 2.05) is 0 Å². The summed E-state index contributed by atoms with van der Waals surface area (Å²) in [5.74, 6) is 0.569. The molecule has 1 aromatic heterocycles. The molecule has 0 spiro atoms. The minimum Gasteiger partial charge on any atom is -0.479 e. The van der Waals surface area contributed by atoms with Crippen LogP contribution in [-0.4, -0.2) is 29.8 Å². The summed E-state index contributed by atoms with van der Waals surface area (Å²) >= 11 is 0. The van der Waals surface area contributed by atoms with Crippen LogP contribution in [-0.2, 0) is 4.74 Å². The third-order valence-electron chi connectivity index (χ3n) is 1.96. The molecule has 0 fully saturated rings. The van der Waals surface area contributed by atoms with E-state index in [-0.39, 0.29) is 12.2 Å². The quantitative estimate of drug-likeness (QED) is 0.670. The number of ether oxygens (including phenoxy) is 1. The van der Waals surface area contributed by atoms with E-state index in [1.54, 1.807) is 24.5 Å². The molecule has 0 N–H and O–H groups in total. The van der Waals surface area contributed by atoms with Crippen LogP contribution in [0.4, 0.5) is 0 Å². The first-order valence-corrected chi connectivity index (χ1v) is 4.45. The first-order chi connectivity index (χ1) is 6.86. The molecular weight excluding hydrogens is 180 g/mol. The largest absolute Gasteiger partial charge is 0.479 e. The highest BCUT2D eigenvalue weighted by Gasteiger charge is 2.13. The molecule has 1 aliphatic heterocycles. The molecule has 0 saturated carbocycles. The topological polar surface area (TPSA) is 51.5 Å². The van der Waals surface area contributed by atoms with E-state index in [2.05, 4.69) is 9.98 Å². The van der Waals surface area contributed by atoms with Gasteiger partial charge in [0.1, 0.15) is 6.61 Å². The van der Waals surface area contributed by atoms with Gasteiger partial charge in [-0.15, -0.1) is 0 Å². The van der Waals surface area contributed by atoms with Crippen LogP contribution in [0.1, 0.15) is 16.8 Å². The number of pyridine rings is 1. The molecule has 0 aromatic carbocycles. The Hall–Kier alpha value is -1.71. The SMILES string of the molecule is O=C(CC1=NCCO1)c1ccncc1. The Morgan fingerprint density at radius 3 is 2.86 bits per heavy atom. The minimum absolute atomic E-state index is 0.0213. The number of carbonyl (C=O) groups excluding carboxylic acids is 1. The van der Waals surface area contributed by atoms with E-state index < -0.39 is 0 Å². The number of carbonyl (C=O) groups is 1. The molecule has 14 heavy (non-hydrogen) atoms. The molecular formula is C10H10N2O2. The molecule has 4 heteroatoms. The lowest BCUT2D eigenvalue weighted by molar-refractivity contribution is 0.0994. The van der Waals surface area contributed by atoms with Gasteiger partial charge in [-0.05, 0) is 12.1 Å². The second kappa shape index (κ2) is 4.00. The Labute approximate surface area is 81.6 Å². The number of hydrogen-bond donors (Lipinski definition) is 0.